The summed E-state index contributed by atoms with van der Waals surface area (Å²) in [4.78, 5) is 2.52. The van der Waals surface area contributed by atoms with Crippen LogP contribution in [0.1, 0.15) is 34.1 Å². The van der Waals surface area contributed by atoms with Crippen molar-refractivity contribution in [1.29, 1.82) is 0 Å². The van der Waals surface area contributed by atoms with Gasteiger partial charge < -0.3 is 9.64 Å². The molecule has 2 nitrogen and oxygen atoms in total. The summed E-state index contributed by atoms with van der Waals surface area (Å²) >= 11 is 12.0. The zero-order chi connectivity index (χ0) is 15.8. The second kappa shape index (κ2) is 9.55. The predicted octanol–water partition coefficient (Wildman–Crippen LogP) is 5.38. The first-order chi connectivity index (χ1) is 9.88. The molecule has 0 heterocycles. The zero-order valence-electron chi connectivity index (χ0n) is 13.5. The van der Waals surface area contributed by atoms with Gasteiger partial charge in [-0.2, -0.15) is 0 Å². The first kappa shape index (κ1) is 18.6. The third-order valence-electron chi connectivity index (χ3n) is 3.02. The Bertz CT molecular complexity index is 411. The van der Waals surface area contributed by atoms with Crippen molar-refractivity contribution in [2.24, 2.45) is 11.8 Å². The number of nitrogens with zero attached hydrogens (tertiary/aromatic N) is 1. The van der Waals surface area contributed by atoms with Gasteiger partial charge in [0.05, 0.1) is 11.6 Å². The van der Waals surface area contributed by atoms with Gasteiger partial charge in [-0.05, 0) is 36.5 Å². The maximum atomic E-state index is 6.09. The van der Waals surface area contributed by atoms with Crippen LogP contribution >= 0.6 is 23.2 Å². The Kier molecular flexibility index (Phi) is 8.46. The molecule has 0 spiro atoms. The van der Waals surface area contributed by atoms with Crippen LogP contribution in [0, 0.1) is 11.8 Å². The van der Waals surface area contributed by atoms with E-state index in [1.165, 1.54) is 0 Å². The summed E-state index contributed by atoms with van der Waals surface area (Å²) in [6.07, 6.45) is 0.998. The Morgan fingerprint density at radius 1 is 1.05 bits per heavy atom. The molecule has 0 atom stereocenters. The lowest BCUT2D eigenvalue weighted by atomic mass is 10.1. The lowest BCUT2D eigenvalue weighted by Gasteiger charge is -2.26. The molecule has 120 valence electrons. The standard InChI is InChI=1S/C17H27Cl2NO/c1-13(2)11-20(12-14(3)4)8-5-9-21-17-7-6-15(18)10-16(17)19/h6-7,10,13-14H,5,8-9,11-12H2,1-4H3. The highest BCUT2D eigenvalue weighted by atomic mass is 35.5. The van der Waals surface area contributed by atoms with Crippen LogP contribution in [0.25, 0.3) is 0 Å². The van der Waals surface area contributed by atoms with E-state index in [1.54, 1.807) is 12.1 Å². The Hall–Kier alpha value is -0.440. The molecule has 21 heavy (non-hydrogen) atoms. The lowest BCUT2D eigenvalue weighted by molar-refractivity contribution is 0.198. The van der Waals surface area contributed by atoms with E-state index < -0.39 is 0 Å². The quantitative estimate of drug-likeness (QED) is 0.563. The lowest BCUT2D eigenvalue weighted by Crippen LogP contribution is -2.33. The Morgan fingerprint density at radius 2 is 1.67 bits per heavy atom. The van der Waals surface area contributed by atoms with Gasteiger partial charge >= 0.3 is 0 Å². The molecule has 0 aliphatic heterocycles. The highest BCUT2D eigenvalue weighted by Gasteiger charge is 2.09. The largest absolute Gasteiger partial charge is 0.492 e. The molecule has 1 aromatic rings. The minimum atomic E-state index is 0.573. The third kappa shape index (κ3) is 7.94. The summed E-state index contributed by atoms with van der Waals surface area (Å²) < 4.78 is 5.73. The van der Waals surface area contributed by atoms with Crippen LogP contribution in [-0.2, 0) is 0 Å². The molecule has 0 unspecified atom stereocenters. The SMILES string of the molecule is CC(C)CN(CCCOc1ccc(Cl)cc1Cl)CC(C)C. The molecule has 0 amide bonds. The van der Waals surface area contributed by atoms with Crippen molar-refractivity contribution in [3.05, 3.63) is 28.2 Å². The fraction of sp³-hybridized carbons (Fsp3) is 0.647. The number of hydrogen-bond acceptors (Lipinski definition) is 2. The van der Waals surface area contributed by atoms with Crippen LogP contribution < -0.4 is 4.74 Å². The normalized spacial score (nSPS) is 11.7. The molecular formula is C17H27Cl2NO. The van der Waals surface area contributed by atoms with E-state index in [1.807, 2.05) is 6.07 Å². The minimum absolute atomic E-state index is 0.573. The number of rotatable bonds is 9. The monoisotopic (exact) mass is 331 g/mol. The molecule has 0 saturated heterocycles. The van der Waals surface area contributed by atoms with Gasteiger partial charge in [-0.3, -0.25) is 0 Å². The molecule has 0 aromatic heterocycles. The molecule has 1 rings (SSSR count). The Labute approximate surface area is 139 Å². The smallest absolute Gasteiger partial charge is 0.137 e. The highest BCUT2D eigenvalue weighted by molar-refractivity contribution is 6.35. The zero-order valence-corrected chi connectivity index (χ0v) is 15.0. The second-order valence-electron chi connectivity index (χ2n) is 6.32. The van der Waals surface area contributed by atoms with Crippen molar-refractivity contribution in [3.63, 3.8) is 0 Å². The maximum Gasteiger partial charge on any atom is 0.137 e. The molecule has 0 aliphatic carbocycles. The van der Waals surface area contributed by atoms with Gasteiger partial charge in [0.25, 0.3) is 0 Å². The van der Waals surface area contributed by atoms with Gasteiger partial charge in [0.2, 0.25) is 0 Å². The number of benzene rings is 1. The van der Waals surface area contributed by atoms with Gasteiger partial charge in [0.1, 0.15) is 5.75 Å². The molecule has 0 saturated carbocycles. The summed E-state index contributed by atoms with van der Waals surface area (Å²) in [6, 6.07) is 5.33. The van der Waals surface area contributed by atoms with E-state index in [9.17, 15) is 0 Å². The van der Waals surface area contributed by atoms with E-state index in [0.717, 1.165) is 26.1 Å². The Balaban J connectivity index is 2.36. The highest BCUT2D eigenvalue weighted by Crippen LogP contribution is 2.27. The number of ether oxygens (including phenoxy) is 1. The number of hydrogen-bond donors (Lipinski definition) is 0. The molecule has 0 bridgehead atoms. The summed E-state index contributed by atoms with van der Waals surface area (Å²) in [5.74, 6) is 2.09. The summed E-state index contributed by atoms with van der Waals surface area (Å²) in [5, 5.41) is 1.20. The van der Waals surface area contributed by atoms with Gasteiger partial charge in [-0.25, -0.2) is 0 Å². The summed E-state index contributed by atoms with van der Waals surface area (Å²) in [5.41, 5.74) is 0. The Morgan fingerprint density at radius 3 is 2.19 bits per heavy atom. The molecule has 0 radical (unpaired) electrons. The van der Waals surface area contributed by atoms with E-state index in [0.29, 0.717) is 34.2 Å². The van der Waals surface area contributed by atoms with Crippen LogP contribution in [0.4, 0.5) is 0 Å². The molecule has 0 N–H and O–H groups in total. The van der Waals surface area contributed by atoms with Gasteiger partial charge in [0, 0.05) is 24.7 Å². The van der Waals surface area contributed by atoms with E-state index in [2.05, 4.69) is 32.6 Å². The molecule has 0 aliphatic rings. The molecule has 1 aromatic carbocycles. The van der Waals surface area contributed by atoms with Crippen LogP contribution in [0.2, 0.25) is 10.0 Å². The third-order valence-corrected chi connectivity index (χ3v) is 3.55. The maximum absolute atomic E-state index is 6.09. The van der Waals surface area contributed by atoms with Crippen LogP contribution in [0.3, 0.4) is 0 Å². The van der Waals surface area contributed by atoms with E-state index in [-0.39, 0.29) is 0 Å². The molecular weight excluding hydrogens is 305 g/mol. The van der Waals surface area contributed by atoms with Gasteiger partial charge in [-0.1, -0.05) is 50.9 Å². The topological polar surface area (TPSA) is 12.5 Å². The fourth-order valence-electron chi connectivity index (χ4n) is 2.35. The van der Waals surface area contributed by atoms with Crippen molar-refractivity contribution in [2.45, 2.75) is 34.1 Å². The van der Waals surface area contributed by atoms with Crippen molar-refractivity contribution < 1.29 is 4.74 Å². The van der Waals surface area contributed by atoms with Crippen LogP contribution in [0.5, 0.6) is 5.75 Å². The van der Waals surface area contributed by atoms with Crippen LogP contribution in [0.15, 0.2) is 18.2 Å². The fourth-order valence-corrected chi connectivity index (χ4v) is 2.82. The van der Waals surface area contributed by atoms with Crippen molar-refractivity contribution in [3.8, 4) is 5.75 Å². The molecule has 4 heteroatoms. The van der Waals surface area contributed by atoms with Gasteiger partial charge in [0.15, 0.2) is 0 Å². The second-order valence-corrected chi connectivity index (χ2v) is 7.17. The summed E-state index contributed by atoms with van der Waals surface area (Å²) in [6.45, 7) is 13.1. The van der Waals surface area contributed by atoms with E-state index in [4.69, 9.17) is 27.9 Å². The predicted molar refractivity (Wildman–Crippen MR) is 92.7 cm³/mol. The van der Waals surface area contributed by atoms with Crippen molar-refractivity contribution >= 4 is 23.2 Å². The average Bonchev–Trinajstić information content (AvgIpc) is 2.35. The first-order valence-electron chi connectivity index (χ1n) is 7.68. The van der Waals surface area contributed by atoms with Crippen LogP contribution in [-0.4, -0.2) is 31.1 Å². The average molecular weight is 332 g/mol. The molecule has 0 fully saturated rings. The van der Waals surface area contributed by atoms with Crippen molar-refractivity contribution in [2.75, 3.05) is 26.2 Å². The first-order valence-corrected chi connectivity index (χ1v) is 8.44. The number of halogens is 2. The van der Waals surface area contributed by atoms with Crippen molar-refractivity contribution in [1.82, 2.24) is 4.90 Å². The summed E-state index contributed by atoms with van der Waals surface area (Å²) in [7, 11) is 0. The van der Waals surface area contributed by atoms with E-state index >= 15 is 0 Å². The van der Waals surface area contributed by atoms with Gasteiger partial charge in [-0.15, -0.1) is 0 Å². The minimum Gasteiger partial charge on any atom is -0.492 e.